The largest absolute Gasteiger partial charge is 0.256 e. The van der Waals surface area contributed by atoms with Gasteiger partial charge in [0.25, 0.3) is 0 Å². The molecule has 0 spiro atoms. The van der Waals surface area contributed by atoms with E-state index in [9.17, 15) is 0 Å². The van der Waals surface area contributed by atoms with Crippen LogP contribution >= 0.6 is 11.3 Å². The zero-order valence-electron chi connectivity index (χ0n) is 20.2. The number of nitrogens with zero attached hydrogens (tertiary/aromatic N) is 4. The highest BCUT2D eigenvalue weighted by Crippen LogP contribution is 2.37. The van der Waals surface area contributed by atoms with Crippen LogP contribution in [0.4, 0.5) is 0 Å². The number of rotatable bonds is 4. The molecule has 0 fully saturated rings. The maximum absolute atomic E-state index is 4.50. The molecule has 0 unspecified atom stereocenters. The summed E-state index contributed by atoms with van der Waals surface area (Å²) >= 11 is 1.63. The number of pyridine rings is 1. The normalized spacial score (nSPS) is 11.4. The monoisotopic (exact) mass is 494 g/mol. The third-order valence-corrected chi connectivity index (χ3v) is 7.67. The highest BCUT2D eigenvalue weighted by molar-refractivity contribution is 7.13. The summed E-state index contributed by atoms with van der Waals surface area (Å²) in [5.41, 5.74) is 7.60. The molecule has 4 nitrogen and oxygen atoms in total. The quantitative estimate of drug-likeness (QED) is 0.231. The second-order valence-electron chi connectivity index (χ2n) is 9.21. The van der Waals surface area contributed by atoms with E-state index in [4.69, 9.17) is 0 Å². The predicted octanol–water partition coefficient (Wildman–Crippen LogP) is 8.34. The van der Waals surface area contributed by atoms with Crippen LogP contribution in [0.1, 0.15) is 5.56 Å². The van der Waals surface area contributed by atoms with E-state index in [-0.39, 0.29) is 0 Å². The highest BCUT2D eigenvalue weighted by Gasteiger charge is 2.12. The molecule has 0 aliphatic heterocycles. The van der Waals surface area contributed by atoms with Gasteiger partial charge in [-0.05, 0) is 69.4 Å². The number of benzene rings is 4. The molecule has 0 radical (unpaired) electrons. The number of hydrogen-bond donors (Lipinski definition) is 0. The van der Waals surface area contributed by atoms with E-state index in [1.165, 1.54) is 38.2 Å². The molecule has 7 rings (SSSR count). The number of thiophene rings is 1. The average molecular weight is 495 g/mol. The molecule has 0 bridgehead atoms. The van der Waals surface area contributed by atoms with Crippen molar-refractivity contribution in [3.8, 4) is 38.6 Å². The molecule has 0 amide bonds. The van der Waals surface area contributed by atoms with Gasteiger partial charge in [-0.1, -0.05) is 78.0 Å². The molecule has 0 saturated carbocycles. The zero-order chi connectivity index (χ0) is 24.8. The fourth-order valence-electron chi connectivity index (χ4n) is 4.91. The van der Waals surface area contributed by atoms with Gasteiger partial charge in [0.1, 0.15) is 10.7 Å². The topological polar surface area (TPSA) is 43.6 Å². The summed E-state index contributed by atoms with van der Waals surface area (Å²) in [6.45, 7) is 2.08. The fraction of sp³-hybridized carbons (Fsp3) is 0.0312. The van der Waals surface area contributed by atoms with Crippen molar-refractivity contribution in [3.63, 3.8) is 0 Å². The minimum absolute atomic E-state index is 0.845. The van der Waals surface area contributed by atoms with Crippen LogP contribution in [0.2, 0.25) is 0 Å². The van der Waals surface area contributed by atoms with E-state index >= 15 is 0 Å². The number of hydrogen-bond acceptors (Lipinski definition) is 4. The molecule has 3 aromatic heterocycles. The van der Waals surface area contributed by atoms with Crippen molar-refractivity contribution in [2.24, 2.45) is 0 Å². The van der Waals surface area contributed by atoms with Crippen molar-refractivity contribution in [2.45, 2.75) is 6.92 Å². The van der Waals surface area contributed by atoms with Crippen molar-refractivity contribution >= 4 is 32.9 Å². The van der Waals surface area contributed by atoms with Crippen LogP contribution in [0.3, 0.4) is 0 Å². The molecule has 37 heavy (non-hydrogen) atoms. The zero-order valence-corrected chi connectivity index (χ0v) is 21.0. The van der Waals surface area contributed by atoms with Crippen molar-refractivity contribution in [2.75, 3.05) is 0 Å². The van der Waals surface area contributed by atoms with Gasteiger partial charge < -0.3 is 0 Å². The number of fused-ring (bicyclic) bond motifs is 2. The predicted molar refractivity (Wildman–Crippen MR) is 153 cm³/mol. The first-order valence-electron chi connectivity index (χ1n) is 12.2. The maximum atomic E-state index is 4.50. The molecule has 0 N–H and O–H groups in total. The Morgan fingerprint density at radius 2 is 1.38 bits per heavy atom. The lowest BCUT2D eigenvalue weighted by atomic mass is 9.91. The van der Waals surface area contributed by atoms with Gasteiger partial charge in [0.15, 0.2) is 0 Å². The van der Waals surface area contributed by atoms with Crippen LogP contribution in [0.15, 0.2) is 115 Å². The minimum Gasteiger partial charge on any atom is -0.256 e. The van der Waals surface area contributed by atoms with Gasteiger partial charge in [-0.15, -0.1) is 16.4 Å². The Hall–Kier alpha value is -4.61. The van der Waals surface area contributed by atoms with Gasteiger partial charge >= 0.3 is 0 Å². The molecule has 0 aliphatic carbocycles. The smallest absolute Gasteiger partial charge is 0.120 e. The van der Waals surface area contributed by atoms with Crippen LogP contribution in [0.5, 0.6) is 0 Å². The van der Waals surface area contributed by atoms with Gasteiger partial charge in [-0.25, -0.2) is 4.68 Å². The summed E-state index contributed by atoms with van der Waals surface area (Å²) < 4.78 is 1.84. The van der Waals surface area contributed by atoms with Crippen molar-refractivity contribution in [1.82, 2.24) is 20.0 Å². The first kappa shape index (κ1) is 21.7. The lowest BCUT2D eigenvalue weighted by Crippen LogP contribution is -1.90. The van der Waals surface area contributed by atoms with Gasteiger partial charge in [-0.2, -0.15) is 0 Å². The summed E-state index contributed by atoms with van der Waals surface area (Å²) in [6, 6.07) is 34.3. The molecule has 0 saturated heterocycles. The molecule has 0 aliphatic rings. The Labute approximate surface area is 218 Å². The Morgan fingerprint density at radius 1 is 0.676 bits per heavy atom. The van der Waals surface area contributed by atoms with E-state index in [1.54, 1.807) is 11.3 Å². The van der Waals surface area contributed by atoms with Crippen molar-refractivity contribution in [3.05, 3.63) is 120 Å². The Morgan fingerprint density at radius 3 is 2.11 bits per heavy atom. The molecule has 3 heterocycles. The highest BCUT2D eigenvalue weighted by atomic mass is 32.1. The standard InChI is InChI=1S/C32H22N4S/c1-21-14-15-33-29(16-21)26-18-31(37-20-26)36-19-30(34-35-36)22-10-12-23(13-11-22)32-27-8-4-2-6-24(27)17-25-7-3-5-9-28(25)32/h2-20H,1H3. The lowest BCUT2D eigenvalue weighted by Gasteiger charge is -2.12. The van der Waals surface area contributed by atoms with Crippen LogP contribution in [0.25, 0.3) is 60.2 Å². The Balaban J connectivity index is 1.23. The number of aromatic nitrogens is 4. The first-order valence-corrected chi connectivity index (χ1v) is 13.1. The first-order chi connectivity index (χ1) is 18.2. The van der Waals surface area contributed by atoms with Crippen LogP contribution in [0, 0.1) is 6.92 Å². The maximum Gasteiger partial charge on any atom is 0.120 e. The summed E-state index contributed by atoms with van der Waals surface area (Å²) in [7, 11) is 0. The van der Waals surface area contributed by atoms with Gasteiger partial charge in [0.05, 0.1) is 11.9 Å². The molecule has 0 atom stereocenters. The van der Waals surface area contributed by atoms with Gasteiger partial charge in [0.2, 0.25) is 0 Å². The van der Waals surface area contributed by atoms with Gasteiger partial charge in [-0.3, -0.25) is 4.98 Å². The van der Waals surface area contributed by atoms with Crippen molar-refractivity contribution in [1.29, 1.82) is 0 Å². The summed E-state index contributed by atoms with van der Waals surface area (Å²) in [4.78, 5) is 4.50. The molecular weight excluding hydrogens is 472 g/mol. The summed E-state index contributed by atoms with van der Waals surface area (Å²) in [5.74, 6) is 0. The SMILES string of the molecule is Cc1ccnc(-c2csc(-n3cc(-c4ccc(-c5c6ccccc6cc6ccccc56)cc4)nn3)c2)c1. The van der Waals surface area contributed by atoms with Crippen LogP contribution in [-0.2, 0) is 0 Å². The van der Waals surface area contributed by atoms with Crippen LogP contribution < -0.4 is 0 Å². The van der Waals surface area contributed by atoms with E-state index in [0.717, 1.165) is 27.5 Å². The third kappa shape index (κ3) is 3.90. The number of aryl methyl sites for hydroxylation is 1. The van der Waals surface area contributed by atoms with E-state index in [0.29, 0.717) is 0 Å². The Bertz CT molecular complexity index is 1840. The van der Waals surface area contributed by atoms with Crippen molar-refractivity contribution < 1.29 is 0 Å². The molecule has 4 aromatic carbocycles. The second-order valence-corrected chi connectivity index (χ2v) is 10.1. The Kier molecular flexibility index (Phi) is 5.15. The molecule has 5 heteroatoms. The van der Waals surface area contributed by atoms with E-state index in [1.807, 2.05) is 23.1 Å². The lowest BCUT2D eigenvalue weighted by molar-refractivity contribution is 0.815. The second kappa shape index (κ2) is 8.80. The van der Waals surface area contributed by atoms with E-state index < -0.39 is 0 Å². The molecule has 7 aromatic rings. The van der Waals surface area contributed by atoms with E-state index in [2.05, 4.69) is 119 Å². The fourth-order valence-corrected chi connectivity index (χ4v) is 5.74. The van der Waals surface area contributed by atoms with Crippen LogP contribution in [-0.4, -0.2) is 20.0 Å². The summed E-state index contributed by atoms with van der Waals surface area (Å²) in [5, 5.41) is 17.0. The minimum atomic E-state index is 0.845. The van der Waals surface area contributed by atoms with Gasteiger partial charge in [0, 0.05) is 22.7 Å². The summed E-state index contributed by atoms with van der Waals surface area (Å²) in [6.07, 6.45) is 3.84. The average Bonchev–Trinajstić information content (AvgIpc) is 3.62. The molecule has 176 valence electrons. The third-order valence-electron chi connectivity index (χ3n) is 6.76. The molecular formula is C32H22N4S.